The van der Waals surface area contributed by atoms with E-state index >= 15 is 0 Å². The molecule has 0 amide bonds. The van der Waals surface area contributed by atoms with Gasteiger partial charge in [-0.15, -0.1) is 0 Å². The molecular formula is C28H25N2O+. The molecule has 0 bridgehead atoms. The van der Waals surface area contributed by atoms with Gasteiger partial charge in [0.25, 0.3) is 0 Å². The molecule has 3 heterocycles. The minimum absolute atomic E-state index is 0.0773. The number of hydrogen-bond acceptors (Lipinski definition) is 2. The summed E-state index contributed by atoms with van der Waals surface area (Å²) in [5.74, 6) is 0. The van der Waals surface area contributed by atoms with Gasteiger partial charge in [0.15, 0.2) is 17.4 Å². The van der Waals surface area contributed by atoms with Crippen LogP contribution in [0.25, 0.3) is 44.5 Å². The normalized spacial score (nSPS) is 19.7. The van der Waals surface area contributed by atoms with Crippen LogP contribution in [0.2, 0.25) is 0 Å². The fourth-order valence-corrected chi connectivity index (χ4v) is 4.72. The molecule has 1 aliphatic rings. The fraction of sp³-hybridized carbons (Fsp3) is 0.214. The maximum Gasteiger partial charge on any atom is 0.216 e. The second-order valence-corrected chi connectivity index (χ2v) is 8.17. The van der Waals surface area contributed by atoms with Crippen LogP contribution in [0.4, 0.5) is 0 Å². The SMILES string of the molecule is [2H]C([2H])([2H])c1cc[n+](C)c(-c2c(C)ccc3c2oc2c4c(cnc23)C(C([2H])([2H])[2H])(C([2H])([2H])[2H])c2ccccc2-4)c1. The Morgan fingerprint density at radius 2 is 1.87 bits per heavy atom. The van der Waals surface area contributed by atoms with Crippen LogP contribution in [0.5, 0.6) is 0 Å². The zero-order chi connectivity index (χ0) is 29.0. The summed E-state index contributed by atoms with van der Waals surface area (Å²) in [4.78, 5) is 4.60. The van der Waals surface area contributed by atoms with Crippen molar-refractivity contribution in [1.29, 1.82) is 0 Å². The van der Waals surface area contributed by atoms with E-state index in [1.54, 1.807) is 42.6 Å². The molecule has 0 saturated carbocycles. The number of fused-ring (bicyclic) bond motifs is 7. The highest BCUT2D eigenvalue weighted by Gasteiger charge is 2.38. The number of furan rings is 1. The van der Waals surface area contributed by atoms with Gasteiger partial charge in [-0.05, 0) is 47.7 Å². The molecule has 0 saturated heterocycles. The highest BCUT2D eigenvalue weighted by atomic mass is 16.3. The summed E-state index contributed by atoms with van der Waals surface area (Å²) in [7, 11) is 1.81. The van der Waals surface area contributed by atoms with Crippen molar-refractivity contribution in [2.45, 2.75) is 32.9 Å². The van der Waals surface area contributed by atoms with Crippen LogP contribution in [0, 0.1) is 13.8 Å². The summed E-state index contributed by atoms with van der Waals surface area (Å²) in [6.45, 7) is -6.23. The van der Waals surface area contributed by atoms with Crippen molar-refractivity contribution in [1.82, 2.24) is 4.98 Å². The Morgan fingerprint density at radius 3 is 2.71 bits per heavy atom. The Kier molecular flexibility index (Phi) is 2.19. The van der Waals surface area contributed by atoms with Crippen molar-refractivity contribution < 1.29 is 21.3 Å². The quantitative estimate of drug-likeness (QED) is 0.297. The van der Waals surface area contributed by atoms with Crippen LogP contribution in [-0.4, -0.2) is 4.98 Å². The molecule has 3 heteroatoms. The van der Waals surface area contributed by atoms with Crippen LogP contribution in [-0.2, 0) is 12.5 Å². The Bertz CT molecular complexity index is 1830. The Balaban J connectivity index is 1.75. The van der Waals surface area contributed by atoms with Crippen molar-refractivity contribution in [3.05, 3.63) is 83.2 Å². The van der Waals surface area contributed by atoms with Crippen molar-refractivity contribution in [3.63, 3.8) is 0 Å². The third-order valence-corrected chi connectivity index (χ3v) is 6.27. The number of aromatic nitrogens is 2. The van der Waals surface area contributed by atoms with Crippen LogP contribution >= 0.6 is 0 Å². The van der Waals surface area contributed by atoms with E-state index < -0.39 is 26.0 Å². The van der Waals surface area contributed by atoms with E-state index in [9.17, 15) is 0 Å². The van der Waals surface area contributed by atoms with Crippen LogP contribution in [0.3, 0.4) is 0 Å². The highest BCUT2D eigenvalue weighted by molar-refractivity contribution is 6.12. The van der Waals surface area contributed by atoms with Gasteiger partial charge in [-0.1, -0.05) is 44.0 Å². The van der Waals surface area contributed by atoms with Crippen LogP contribution in [0.15, 0.2) is 65.3 Å². The standard InChI is InChI=1S/C28H25N2O/c1-16-12-13-30(5)22(14-16)23-17(2)10-11-19-25-27(31-26(19)23)24-18-8-6-7-9-20(18)28(3,4)21(24)15-29-25/h6-15H,1-5H3/q+1/i1D3,3D3,4D3. The van der Waals surface area contributed by atoms with Gasteiger partial charge in [0, 0.05) is 47.0 Å². The fourth-order valence-electron chi connectivity index (χ4n) is 4.72. The molecule has 0 atom stereocenters. The van der Waals surface area contributed by atoms with E-state index in [4.69, 9.17) is 16.8 Å². The van der Waals surface area contributed by atoms with Gasteiger partial charge in [0.05, 0.1) is 5.56 Å². The van der Waals surface area contributed by atoms with E-state index in [1.807, 2.05) is 30.7 Å². The van der Waals surface area contributed by atoms with Crippen LogP contribution in [0.1, 0.15) is 48.3 Å². The summed E-state index contributed by atoms with van der Waals surface area (Å²) in [6.07, 6.45) is 3.05. The molecule has 0 unspecified atom stereocenters. The van der Waals surface area contributed by atoms with E-state index in [2.05, 4.69) is 4.98 Å². The number of hydrogen-bond donors (Lipinski definition) is 0. The maximum atomic E-state index is 8.44. The molecule has 3 nitrogen and oxygen atoms in total. The monoisotopic (exact) mass is 414 g/mol. The zero-order valence-electron chi connectivity index (χ0n) is 26.1. The molecule has 2 aromatic carbocycles. The van der Waals surface area contributed by atoms with Gasteiger partial charge in [-0.3, -0.25) is 4.98 Å². The molecule has 5 aromatic rings. The first-order chi connectivity index (χ1) is 18.6. The van der Waals surface area contributed by atoms with E-state index in [0.717, 1.165) is 5.56 Å². The lowest BCUT2D eigenvalue weighted by Crippen LogP contribution is -2.30. The number of benzene rings is 2. The molecule has 0 N–H and O–H groups in total. The molecule has 152 valence electrons. The largest absolute Gasteiger partial charge is 0.453 e. The number of aryl methyl sites for hydroxylation is 3. The average molecular weight is 415 g/mol. The van der Waals surface area contributed by atoms with E-state index in [1.165, 1.54) is 6.20 Å². The average Bonchev–Trinajstić information content (AvgIpc) is 3.37. The first-order valence-electron chi connectivity index (χ1n) is 14.5. The molecule has 0 fully saturated rings. The first kappa shape index (κ1) is 11.2. The van der Waals surface area contributed by atoms with Crippen molar-refractivity contribution in [2.75, 3.05) is 0 Å². The zero-order valence-corrected chi connectivity index (χ0v) is 17.1. The minimum atomic E-state index is -2.91. The predicted octanol–water partition coefficient (Wildman–Crippen LogP) is 6.40. The summed E-state index contributed by atoms with van der Waals surface area (Å²) >= 11 is 0. The Labute approximate surface area is 194 Å². The lowest BCUT2D eigenvalue weighted by Gasteiger charge is -2.20. The van der Waals surface area contributed by atoms with E-state index in [-0.39, 0.29) is 22.3 Å². The molecule has 0 radical (unpaired) electrons. The third kappa shape index (κ3) is 2.35. The van der Waals surface area contributed by atoms with Gasteiger partial charge in [0.1, 0.15) is 12.6 Å². The summed E-state index contributed by atoms with van der Waals surface area (Å²) in [6, 6.07) is 13.6. The van der Waals surface area contributed by atoms with Crippen molar-refractivity contribution in [3.8, 4) is 22.4 Å². The van der Waals surface area contributed by atoms with Gasteiger partial charge in [-0.25, -0.2) is 4.57 Å². The minimum Gasteiger partial charge on any atom is -0.453 e. The number of rotatable bonds is 1. The predicted molar refractivity (Wildman–Crippen MR) is 125 cm³/mol. The third-order valence-electron chi connectivity index (χ3n) is 6.27. The molecule has 3 aromatic heterocycles. The van der Waals surface area contributed by atoms with Crippen LogP contribution < -0.4 is 4.57 Å². The van der Waals surface area contributed by atoms with Gasteiger partial charge in [0.2, 0.25) is 5.69 Å². The topological polar surface area (TPSA) is 29.9 Å². The second kappa shape index (κ2) is 6.04. The Morgan fingerprint density at radius 1 is 1.00 bits per heavy atom. The van der Waals surface area contributed by atoms with E-state index in [0.29, 0.717) is 38.9 Å². The van der Waals surface area contributed by atoms with Crippen molar-refractivity contribution in [2.24, 2.45) is 7.05 Å². The van der Waals surface area contributed by atoms with Gasteiger partial charge >= 0.3 is 0 Å². The second-order valence-electron chi connectivity index (χ2n) is 8.17. The molecule has 31 heavy (non-hydrogen) atoms. The molecule has 6 rings (SSSR count). The maximum absolute atomic E-state index is 8.44. The molecular weight excluding hydrogens is 380 g/mol. The Hall–Kier alpha value is -3.46. The lowest BCUT2D eigenvalue weighted by atomic mass is 9.83. The summed E-state index contributed by atoms with van der Waals surface area (Å²) < 4.78 is 82.7. The first-order valence-corrected chi connectivity index (χ1v) is 10.0. The molecule has 1 aliphatic carbocycles. The summed E-state index contributed by atoms with van der Waals surface area (Å²) in [5.41, 5.74) is 2.36. The number of pyridine rings is 2. The molecule has 0 aliphatic heterocycles. The highest BCUT2D eigenvalue weighted by Crippen LogP contribution is 2.52. The summed E-state index contributed by atoms with van der Waals surface area (Å²) in [5, 5.41) is 0.649. The van der Waals surface area contributed by atoms with Crippen molar-refractivity contribution >= 4 is 22.1 Å². The molecule has 0 spiro atoms. The number of nitrogens with zero attached hydrogens (tertiary/aromatic N) is 2. The van der Waals surface area contributed by atoms with Gasteiger partial charge < -0.3 is 4.42 Å². The van der Waals surface area contributed by atoms with Gasteiger partial charge in [-0.2, -0.15) is 0 Å². The smallest absolute Gasteiger partial charge is 0.216 e. The lowest BCUT2D eigenvalue weighted by molar-refractivity contribution is -0.660.